The molecule has 5 aromatic heterocycles. The van der Waals surface area contributed by atoms with Crippen LogP contribution in [0.25, 0.3) is 16.7 Å². The average molecular weight is 553 g/mol. The van der Waals surface area contributed by atoms with Gasteiger partial charge in [0, 0.05) is 51.0 Å². The molecule has 1 saturated heterocycles. The molecule has 6 rings (SSSR count). The molecule has 41 heavy (non-hydrogen) atoms. The van der Waals surface area contributed by atoms with Gasteiger partial charge in [-0.3, -0.25) is 19.4 Å². The van der Waals surface area contributed by atoms with Gasteiger partial charge in [-0.15, -0.1) is 0 Å². The number of hydrogen-bond donors (Lipinski definition) is 1. The van der Waals surface area contributed by atoms with E-state index in [1.54, 1.807) is 31.3 Å². The molecular weight excluding hydrogens is 528 g/mol. The van der Waals surface area contributed by atoms with E-state index in [-0.39, 0.29) is 35.8 Å². The Kier molecular flexibility index (Phi) is 6.63. The number of rotatable bonds is 7. The molecule has 1 aliphatic heterocycles. The van der Waals surface area contributed by atoms with E-state index in [1.165, 1.54) is 47.8 Å². The zero-order valence-electron chi connectivity index (χ0n) is 22.2. The van der Waals surface area contributed by atoms with Gasteiger partial charge in [0.1, 0.15) is 23.6 Å². The number of pyridine rings is 2. The van der Waals surface area contributed by atoms with E-state index in [2.05, 4.69) is 35.0 Å². The molecule has 0 atom stereocenters. The molecule has 1 N–H and O–H groups in total. The Balaban J connectivity index is 1.22. The number of hydrogen-bond acceptors (Lipinski definition) is 11. The first-order valence-electron chi connectivity index (χ1n) is 12.7. The third-order valence-electron chi connectivity index (χ3n) is 6.79. The summed E-state index contributed by atoms with van der Waals surface area (Å²) in [5.74, 6) is 0.0589. The molecule has 14 heteroatoms. The van der Waals surface area contributed by atoms with Gasteiger partial charge in [0.05, 0.1) is 29.8 Å². The third-order valence-corrected chi connectivity index (χ3v) is 6.79. The van der Waals surface area contributed by atoms with Gasteiger partial charge in [-0.2, -0.15) is 5.10 Å². The first-order valence-corrected chi connectivity index (χ1v) is 12.7. The lowest BCUT2D eigenvalue weighted by Crippen LogP contribution is -2.51. The molecular formula is C27H24N10O4. The number of aryl methyl sites for hydroxylation is 1. The molecule has 6 heterocycles. The zero-order valence-corrected chi connectivity index (χ0v) is 22.2. The number of ketones is 2. The fourth-order valence-corrected chi connectivity index (χ4v) is 4.78. The van der Waals surface area contributed by atoms with E-state index >= 15 is 0 Å². The lowest BCUT2D eigenvalue weighted by atomic mass is 10.1. The van der Waals surface area contributed by atoms with Crippen molar-refractivity contribution in [3.8, 4) is 11.6 Å². The molecule has 0 spiro atoms. The molecule has 0 radical (unpaired) electrons. The highest BCUT2D eigenvalue weighted by atomic mass is 16.5. The number of aromatic amines is 1. The fourth-order valence-electron chi connectivity index (χ4n) is 4.78. The van der Waals surface area contributed by atoms with Crippen LogP contribution >= 0.6 is 0 Å². The number of fused-ring (bicyclic) bond motifs is 1. The molecule has 5 aromatic rings. The van der Waals surface area contributed by atoms with Crippen molar-refractivity contribution in [1.82, 2.24) is 44.6 Å². The Hall–Kier alpha value is -5.53. The number of nitrogens with zero attached hydrogens (tertiary/aromatic N) is 9. The van der Waals surface area contributed by atoms with Gasteiger partial charge in [-0.05, 0) is 19.1 Å². The second-order valence-corrected chi connectivity index (χ2v) is 9.22. The number of aromatic nitrogens is 8. The minimum atomic E-state index is -0.680. The molecule has 1 amide bonds. The first kappa shape index (κ1) is 25.7. The number of piperazine rings is 1. The first-order chi connectivity index (χ1) is 20.0. The van der Waals surface area contributed by atoms with Crippen molar-refractivity contribution in [3.63, 3.8) is 0 Å². The molecule has 0 unspecified atom stereocenters. The summed E-state index contributed by atoms with van der Waals surface area (Å²) in [5, 5.41) is 4.73. The Morgan fingerprint density at radius 3 is 2.44 bits per heavy atom. The average Bonchev–Trinajstić information content (AvgIpc) is 3.67. The minimum Gasteiger partial charge on any atom is -0.494 e. The maximum absolute atomic E-state index is 13.5. The van der Waals surface area contributed by atoms with Crippen molar-refractivity contribution < 1.29 is 19.1 Å². The van der Waals surface area contributed by atoms with Gasteiger partial charge in [-0.25, -0.2) is 24.6 Å². The van der Waals surface area contributed by atoms with E-state index in [0.29, 0.717) is 47.2 Å². The third kappa shape index (κ3) is 4.64. The van der Waals surface area contributed by atoms with Gasteiger partial charge in [-0.1, -0.05) is 6.07 Å². The van der Waals surface area contributed by atoms with Crippen LogP contribution in [0.3, 0.4) is 0 Å². The number of carbonyl (C=O) groups excluding carboxylic acids is 3. The molecule has 1 fully saturated rings. The van der Waals surface area contributed by atoms with E-state index in [4.69, 9.17) is 4.74 Å². The molecule has 0 aliphatic carbocycles. The van der Waals surface area contributed by atoms with Crippen LogP contribution in [0.1, 0.15) is 32.4 Å². The summed E-state index contributed by atoms with van der Waals surface area (Å²) in [6.07, 6.45) is 8.99. The van der Waals surface area contributed by atoms with E-state index in [9.17, 15) is 14.4 Å². The van der Waals surface area contributed by atoms with Crippen LogP contribution in [-0.4, -0.2) is 95.3 Å². The van der Waals surface area contributed by atoms with Crippen molar-refractivity contribution in [2.24, 2.45) is 0 Å². The molecule has 0 bridgehead atoms. The van der Waals surface area contributed by atoms with Crippen LogP contribution in [0.2, 0.25) is 0 Å². The smallest absolute Gasteiger partial charge is 0.295 e. The highest BCUT2D eigenvalue weighted by molar-refractivity contribution is 6.45. The summed E-state index contributed by atoms with van der Waals surface area (Å²) < 4.78 is 6.96. The van der Waals surface area contributed by atoms with Crippen LogP contribution < -0.4 is 9.64 Å². The summed E-state index contributed by atoms with van der Waals surface area (Å²) in [7, 11) is 1.47. The summed E-state index contributed by atoms with van der Waals surface area (Å²) in [4.78, 5) is 67.6. The predicted octanol–water partition coefficient (Wildman–Crippen LogP) is 1.41. The van der Waals surface area contributed by atoms with Crippen LogP contribution in [0.15, 0.2) is 55.5 Å². The normalized spacial score (nSPS) is 13.4. The van der Waals surface area contributed by atoms with Crippen molar-refractivity contribution in [2.75, 3.05) is 38.2 Å². The van der Waals surface area contributed by atoms with Crippen LogP contribution in [0.5, 0.6) is 5.75 Å². The van der Waals surface area contributed by atoms with E-state index < -0.39 is 11.7 Å². The Bertz CT molecular complexity index is 1770. The monoisotopic (exact) mass is 552 g/mol. The highest BCUT2D eigenvalue weighted by Gasteiger charge is 2.32. The Morgan fingerprint density at radius 1 is 0.927 bits per heavy atom. The van der Waals surface area contributed by atoms with Gasteiger partial charge >= 0.3 is 0 Å². The lowest BCUT2D eigenvalue weighted by molar-refractivity contribution is -0.126. The summed E-state index contributed by atoms with van der Waals surface area (Å²) in [5.41, 5.74) is 1.10. The Morgan fingerprint density at radius 2 is 1.73 bits per heavy atom. The highest BCUT2D eigenvalue weighted by Crippen LogP contribution is 2.32. The number of nitrogens with one attached hydrogen (secondary N) is 1. The largest absolute Gasteiger partial charge is 0.494 e. The number of amides is 1. The molecule has 206 valence electrons. The second-order valence-electron chi connectivity index (χ2n) is 9.22. The fraction of sp³-hybridized carbons (Fsp3) is 0.222. The Labute approximate surface area is 233 Å². The molecule has 0 saturated carbocycles. The van der Waals surface area contributed by atoms with Crippen LogP contribution in [0, 0.1) is 6.92 Å². The second kappa shape index (κ2) is 10.6. The SMILES string of the molecule is COc1cnc(-n2cnc(C)n2)c2[nH]cc(C(=O)C(=O)N3CCN(c4nccnc4C(=O)c4ccccn4)CC3)c12. The molecule has 14 nitrogen and oxygen atoms in total. The van der Waals surface area contributed by atoms with Crippen LogP contribution in [0.4, 0.5) is 5.82 Å². The minimum absolute atomic E-state index is 0.168. The summed E-state index contributed by atoms with van der Waals surface area (Å²) >= 11 is 0. The van der Waals surface area contributed by atoms with Crippen molar-refractivity contribution in [3.05, 3.63) is 78.3 Å². The lowest BCUT2D eigenvalue weighted by Gasteiger charge is -2.35. The van der Waals surface area contributed by atoms with Crippen molar-refractivity contribution >= 4 is 34.2 Å². The van der Waals surface area contributed by atoms with Gasteiger partial charge in [0.15, 0.2) is 17.3 Å². The number of H-pyrrole nitrogens is 1. The maximum Gasteiger partial charge on any atom is 0.295 e. The number of anilines is 1. The van der Waals surface area contributed by atoms with Gasteiger partial charge in [0.25, 0.3) is 11.7 Å². The van der Waals surface area contributed by atoms with Crippen LogP contribution in [-0.2, 0) is 4.79 Å². The van der Waals surface area contributed by atoms with Crippen molar-refractivity contribution in [2.45, 2.75) is 6.92 Å². The standard InChI is InChI=1S/C27H24N10O4/c1-16-33-15-37(34-16)26-21-20(19(41-2)14-32-26)17(13-31-21)23(38)27(40)36-11-9-35(10-12-36)25-22(29-7-8-30-25)24(39)18-5-3-4-6-28-18/h3-8,13-15,31H,9-12H2,1-2H3. The van der Waals surface area contributed by atoms with E-state index in [0.717, 1.165) is 0 Å². The number of Topliss-reactive ketones (excluding diaryl/α,β-unsaturated/α-hetero) is 1. The number of ether oxygens (including phenoxy) is 1. The topological polar surface area (TPSA) is 165 Å². The molecule has 0 aromatic carbocycles. The maximum atomic E-state index is 13.5. The number of methoxy groups -OCH3 is 1. The quantitative estimate of drug-likeness (QED) is 0.229. The molecule has 1 aliphatic rings. The van der Waals surface area contributed by atoms with E-state index in [1.807, 2.05) is 4.90 Å². The number of carbonyl (C=O) groups is 3. The van der Waals surface area contributed by atoms with Gasteiger partial charge < -0.3 is 19.5 Å². The van der Waals surface area contributed by atoms with Crippen molar-refractivity contribution in [1.29, 1.82) is 0 Å². The van der Waals surface area contributed by atoms with Gasteiger partial charge in [0.2, 0.25) is 5.78 Å². The summed E-state index contributed by atoms with van der Waals surface area (Å²) in [6, 6.07) is 5.08. The predicted molar refractivity (Wildman–Crippen MR) is 145 cm³/mol. The summed E-state index contributed by atoms with van der Waals surface area (Å²) in [6.45, 7) is 2.98. The zero-order chi connectivity index (χ0) is 28.5.